The van der Waals surface area contributed by atoms with Crippen LogP contribution in [0, 0.1) is 16.7 Å². The number of carbonyl (C=O) groups is 1. The summed E-state index contributed by atoms with van der Waals surface area (Å²) in [6, 6.07) is 5.17. The second-order valence-corrected chi connectivity index (χ2v) is 5.27. The second-order valence-electron chi connectivity index (χ2n) is 5.27. The number of nitrogens with one attached hydrogen (secondary N) is 1. The monoisotopic (exact) mass is 289 g/mol. The highest BCUT2D eigenvalue weighted by molar-refractivity contribution is 5.76. The van der Waals surface area contributed by atoms with Crippen molar-refractivity contribution in [1.82, 2.24) is 10.3 Å². The van der Waals surface area contributed by atoms with E-state index in [-0.39, 0.29) is 12.0 Å². The number of pyridine rings is 1. The quantitative estimate of drug-likeness (QED) is 0.847. The first kappa shape index (κ1) is 15.3. The highest BCUT2D eigenvalue weighted by Crippen LogP contribution is 2.43. The smallest absolute Gasteiger partial charge is 0.323 e. The van der Waals surface area contributed by atoms with Crippen LogP contribution in [0.3, 0.4) is 0 Å². The van der Waals surface area contributed by atoms with Gasteiger partial charge in [0, 0.05) is 12.3 Å². The first-order valence-electron chi connectivity index (χ1n) is 6.88. The van der Waals surface area contributed by atoms with Gasteiger partial charge in [-0.3, -0.25) is 10.1 Å². The minimum atomic E-state index is -0.687. The third-order valence-electron chi connectivity index (χ3n) is 3.76. The zero-order chi connectivity index (χ0) is 15.5. The standard InChI is InChI=1S/C15H19N3O3/c1-4-21-14(19)11-7-15(2,9-16)13(18-11)10-5-6-12(20-3)17-8-10/h5-6,8,11,13,18H,4,7H2,1-3H3/t11-,13-,15-/m0/s1. The molecule has 1 aliphatic heterocycles. The maximum atomic E-state index is 11.9. The van der Waals surface area contributed by atoms with Crippen molar-refractivity contribution in [3.63, 3.8) is 0 Å². The van der Waals surface area contributed by atoms with Crippen molar-refractivity contribution < 1.29 is 14.3 Å². The summed E-state index contributed by atoms with van der Waals surface area (Å²) in [5.74, 6) is 0.195. The number of hydrogen-bond donors (Lipinski definition) is 1. The Kier molecular flexibility index (Phi) is 4.43. The van der Waals surface area contributed by atoms with Crippen molar-refractivity contribution >= 4 is 5.97 Å². The van der Waals surface area contributed by atoms with Crippen LogP contribution in [0.4, 0.5) is 0 Å². The van der Waals surface area contributed by atoms with Gasteiger partial charge in [-0.2, -0.15) is 5.26 Å². The molecular weight excluding hydrogens is 270 g/mol. The molecule has 1 N–H and O–H groups in total. The molecule has 1 aliphatic rings. The number of aromatic nitrogens is 1. The zero-order valence-electron chi connectivity index (χ0n) is 12.4. The van der Waals surface area contributed by atoms with Crippen molar-refractivity contribution in [2.45, 2.75) is 32.4 Å². The van der Waals surface area contributed by atoms with E-state index in [1.165, 1.54) is 0 Å². The van der Waals surface area contributed by atoms with Crippen molar-refractivity contribution in [3.05, 3.63) is 23.9 Å². The maximum absolute atomic E-state index is 11.9. The van der Waals surface area contributed by atoms with Crippen LogP contribution in [0.2, 0.25) is 0 Å². The molecule has 1 aromatic rings. The molecule has 1 saturated heterocycles. The van der Waals surface area contributed by atoms with E-state index in [1.54, 1.807) is 26.3 Å². The molecule has 112 valence electrons. The SMILES string of the molecule is CCOC(=O)[C@@H]1C[C@@](C)(C#N)[C@H](c2ccc(OC)nc2)N1. The summed E-state index contributed by atoms with van der Waals surface area (Å²) in [6.45, 7) is 3.93. The summed E-state index contributed by atoms with van der Waals surface area (Å²) in [5, 5.41) is 12.7. The zero-order valence-corrected chi connectivity index (χ0v) is 12.4. The molecule has 0 unspecified atom stereocenters. The third kappa shape index (κ3) is 2.98. The number of hydrogen-bond acceptors (Lipinski definition) is 6. The molecule has 0 spiro atoms. The Labute approximate surface area is 124 Å². The fraction of sp³-hybridized carbons (Fsp3) is 0.533. The Morgan fingerprint density at radius 3 is 2.90 bits per heavy atom. The summed E-state index contributed by atoms with van der Waals surface area (Å²) in [4.78, 5) is 16.1. The largest absolute Gasteiger partial charge is 0.481 e. The van der Waals surface area contributed by atoms with Gasteiger partial charge in [0.25, 0.3) is 0 Å². The van der Waals surface area contributed by atoms with E-state index < -0.39 is 11.5 Å². The van der Waals surface area contributed by atoms with E-state index in [9.17, 15) is 10.1 Å². The molecule has 6 heteroatoms. The van der Waals surface area contributed by atoms with Gasteiger partial charge >= 0.3 is 5.97 Å². The van der Waals surface area contributed by atoms with Gasteiger partial charge in [0.15, 0.2) is 0 Å². The average Bonchev–Trinajstić information content (AvgIpc) is 2.86. The topological polar surface area (TPSA) is 84.2 Å². The molecule has 2 rings (SSSR count). The third-order valence-corrected chi connectivity index (χ3v) is 3.76. The minimum Gasteiger partial charge on any atom is -0.481 e. The number of rotatable bonds is 4. The first-order chi connectivity index (χ1) is 10.0. The Hall–Kier alpha value is -2.13. The van der Waals surface area contributed by atoms with Gasteiger partial charge in [-0.25, -0.2) is 4.98 Å². The van der Waals surface area contributed by atoms with E-state index in [0.29, 0.717) is 18.9 Å². The molecule has 0 saturated carbocycles. The van der Waals surface area contributed by atoms with E-state index >= 15 is 0 Å². The van der Waals surface area contributed by atoms with Crippen molar-refractivity contribution in [2.75, 3.05) is 13.7 Å². The Bertz CT molecular complexity index is 552. The summed E-state index contributed by atoms with van der Waals surface area (Å²) in [6.07, 6.45) is 2.08. The van der Waals surface area contributed by atoms with E-state index in [2.05, 4.69) is 16.4 Å². The molecule has 1 aromatic heterocycles. The second kappa shape index (κ2) is 6.10. The van der Waals surface area contributed by atoms with E-state index in [0.717, 1.165) is 5.56 Å². The summed E-state index contributed by atoms with van der Waals surface area (Å²) < 4.78 is 10.1. The first-order valence-corrected chi connectivity index (χ1v) is 6.88. The van der Waals surface area contributed by atoms with Gasteiger partial charge in [-0.15, -0.1) is 0 Å². The van der Waals surface area contributed by atoms with Crippen LogP contribution in [-0.4, -0.2) is 30.7 Å². The Morgan fingerprint density at radius 2 is 2.38 bits per heavy atom. The average molecular weight is 289 g/mol. The summed E-state index contributed by atoms with van der Waals surface area (Å²) >= 11 is 0. The summed E-state index contributed by atoms with van der Waals surface area (Å²) in [5.41, 5.74) is 0.167. The number of nitriles is 1. The lowest BCUT2D eigenvalue weighted by molar-refractivity contribution is -0.145. The van der Waals surface area contributed by atoms with Crippen LogP contribution in [0.15, 0.2) is 18.3 Å². The maximum Gasteiger partial charge on any atom is 0.323 e. The van der Waals surface area contributed by atoms with Crippen LogP contribution in [-0.2, 0) is 9.53 Å². The Morgan fingerprint density at radius 1 is 1.62 bits per heavy atom. The predicted octanol–water partition coefficient (Wildman–Crippen LogP) is 1.59. The van der Waals surface area contributed by atoms with Crippen molar-refractivity contribution in [1.29, 1.82) is 5.26 Å². The normalized spacial score (nSPS) is 27.9. The lowest BCUT2D eigenvalue weighted by Crippen LogP contribution is -2.34. The molecule has 0 bridgehead atoms. The highest BCUT2D eigenvalue weighted by atomic mass is 16.5. The molecular formula is C15H19N3O3. The van der Waals surface area contributed by atoms with Crippen LogP contribution in [0.5, 0.6) is 5.88 Å². The van der Waals surface area contributed by atoms with Crippen LogP contribution in [0.25, 0.3) is 0 Å². The lowest BCUT2D eigenvalue weighted by atomic mass is 9.80. The molecule has 0 aromatic carbocycles. The lowest BCUT2D eigenvalue weighted by Gasteiger charge is -2.23. The minimum absolute atomic E-state index is 0.268. The van der Waals surface area contributed by atoms with Crippen LogP contribution < -0.4 is 10.1 Å². The predicted molar refractivity (Wildman–Crippen MR) is 75.4 cm³/mol. The highest BCUT2D eigenvalue weighted by Gasteiger charge is 2.47. The number of carbonyl (C=O) groups excluding carboxylic acids is 1. The van der Waals surface area contributed by atoms with Gasteiger partial charge in [0.05, 0.1) is 31.2 Å². The summed E-state index contributed by atoms with van der Waals surface area (Å²) in [7, 11) is 1.55. The number of ether oxygens (including phenoxy) is 2. The van der Waals surface area contributed by atoms with Gasteiger partial charge in [0.2, 0.25) is 5.88 Å². The molecule has 6 nitrogen and oxygen atoms in total. The van der Waals surface area contributed by atoms with E-state index in [4.69, 9.17) is 9.47 Å². The molecule has 21 heavy (non-hydrogen) atoms. The number of nitrogens with zero attached hydrogens (tertiary/aromatic N) is 2. The molecule has 0 radical (unpaired) electrons. The van der Waals surface area contributed by atoms with Crippen LogP contribution >= 0.6 is 0 Å². The van der Waals surface area contributed by atoms with E-state index in [1.807, 2.05) is 13.0 Å². The van der Waals surface area contributed by atoms with Gasteiger partial charge in [-0.1, -0.05) is 6.07 Å². The van der Waals surface area contributed by atoms with Crippen molar-refractivity contribution in [3.8, 4) is 11.9 Å². The molecule has 3 atom stereocenters. The van der Waals surface area contributed by atoms with Crippen molar-refractivity contribution in [2.24, 2.45) is 5.41 Å². The number of esters is 1. The molecule has 1 fully saturated rings. The van der Waals surface area contributed by atoms with Gasteiger partial charge < -0.3 is 9.47 Å². The van der Waals surface area contributed by atoms with Crippen LogP contribution in [0.1, 0.15) is 31.9 Å². The Balaban J connectivity index is 2.24. The fourth-order valence-electron chi connectivity index (χ4n) is 2.64. The molecule has 2 heterocycles. The number of methoxy groups -OCH3 is 1. The molecule has 0 amide bonds. The van der Waals surface area contributed by atoms with Gasteiger partial charge in [0.1, 0.15) is 6.04 Å². The fourth-order valence-corrected chi connectivity index (χ4v) is 2.64. The van der Waals surface area contributed by atoms with Gasteiger partial charge in [-0.05, 0) is 25.8 Å². The molecule has 0 aliphatic carbocycles.